The van der Waals surface area contributed by atoms with E-state index in [0.29, 0.717) is 5.02 Å². The predicted molar refractivity (Wildman–Crippen MR) is 74.6 cm³/mol. The van der Waals surface area contributed by atoms with Gasteiger partial charge in [0.05, 0.1) is 6.07 Å². The highest BCUT2D eigenvalue weighted by atomic mass is 35.5. The molecule has 1 N–H and O–H groups in total. The Kier molecular flexibility index (Phi) is 3.86. The summed E-state index contributed by atoms with van der Waals surface area (Å²) in [6.07, 6.45) is 0. The van der Waals surface area contributed by atoms with Crippen LogP contribution in [0.2, 0.25) is 5.02 Å². The van der Waals surface area contributed by atoms with Crippen LogP contribution in [-0.4, -0.2) is 0 Å². The van der Waals surface area contributed by atoms with Gasteiger partial charge in [-0.3, -0.25) is 0 Å². The summed E-state index contributed by atoms with van der Waals surface area (Å²) >= 11 is 5.82. The van der Waals surface area contributed by atoms with E-state index in [-0.39, 0.29) is 6.04 Å². The molecule has 0 aromatic heterocycles. The minimum absolute atomic E-state index is 0.355. The van der Waals surface area contributed by atoms with Crippen LogP contribution in [0.15, 0.2) is 48.5 Å². The third-order valence-corrected chi connectivity index (χ3v) is 2.95. The van der Waals surface area contributed by atoms with Crippen LogP contribution in [0.4, 0.5) is 5.69 Å². The number of rotatable bonds is 3. The van der Waals surface area contributed by atoms with Crippen LogP contribution in [0, 0.1) is 18.3 Å². The summed E-state index contributed by atoms with van der Waals surface area (Å²) in [6.45, 7) is 2.03. The Hall–Kier alpha value is -1.98. The van der Waals surface area contributed by atoms with Crippen molar-refractivity contribution >= 4 is 17.3 Å². The van der Waals surface area contributed by atoms with E-state index in [1.165, 1.54) is 5.56 Å². The van der Waals surface area contributed by atoms with Crippen molar-refractivity contribution in [3.05, 3.63) is 64.7 Å². The molecule has 0 heterocycles. The van der Waals surface area contributed by atoms with E-state index in [1.807, 2.05) is 43.3 Å². The molecular formula is C15H13ClN2. The monoisotopic (exact) mass is 256 g/mol. The first-order chi connectivity index (χ1) is 8.69. The maximum absolute atomic E-state index is 9.23. The first-order valence-corrected chi connectivity index (χ1v) is 6.05. The quantitative estimate of drug-likeness (QED) is 0.887. The van der Waals surface area contributed by atoms with E-state index < -0.39 is 0 Å². The van der Waals surface area contributed by atoms with Crippen molar-refractivity contribution in [2.24, 2.45) is 0 Å². The minimum Gasteiger partial charge on any atom is -0.366 e. The Morgan fingerprint density at radius 2 is 1.67 bits per heavy atom. The van der Waals surface area contributed by atoms with Crippen LogP contribution in [0.25, 0.3) is 0 Å². The van der Waals surface area contributed by atoms with E-state index >= 15 is 0 Å². The summed E-state index contributed by atoms with van der Waals surface area (Å²) in [5, 5.41) is 13.1. The molecule has 0 aliphatic heterocycles. The lowest BCUT2D eigenvalue weighted by atomic mass is 10.1. The molecular weight excluding hydrogens is 244 g/mol. The summed E-state index contributed by atoms with van der Waals surface area (Å²) in [5.74, 6) is 0. The molecule has 2 rings (SSSR count). The van der Waals surface area contributed by atoms with Crippen LogP contribution in [0.1, 0.15) is 17.2 Å². The fraction of sp³-hybridized carbons (Fsp3) is 0.133. The first kappa shape index (κ1) is 12.5. The summed E-state index contributed by atoms with van der Waals surface area (Å²) in [6, 6.07) is 17.2. The molecule has 0 spiro atoms. The van der Waals surface area contributed by atoms with E-state index in [1.54, 1.807) is 12.1 Å². The SMILES string of the molecule is Cc1ccc(C(C#N)Nc2ccc(Cl)cc2)cc1. The van der Waals surface area contributed by atoms with Crippen LogP contribution in [0.5, 0.6) is 0 Å². The van der Waals surface area contributed by atoms with E-state index in [9.17, 15) is 5.26 Å². The molecule has 0 fully saturated rings. The van der Waals surface area contributed by atoms with Crippen molar-refractivity contribution in [3.63, 3.8) is 0 Å². The van der Waals surface area contributed by atoms with Gasteiger partial charge in [0.1, 0.15) is 6.04 Å². The van der Waals surface area contributed by atoms with Gasteiger partial charge in [-0.1, -0.05) is 41.4 Å². The summed E-state index contributed by atoms with van der Waals surface area (Å²) in [5.41, 5.74) is 3.02. The van der Waals surface area contributed by atoms with Gasteiger partial charge in [-0.2, -0.15) is 5.26 Å². The Morgan fingerprint density at radius 1 is 1.06 bits per heavy atom. The normalized spacial score (nSPS) is 11.6. The number of benzene rings is 2. The van der Waals surface area contributed by atoms with Gasteiger partial charge in [0.2, 0.25) is 0 Å². The smallest absolute Gasteiger partial charge is 0.140 e. The summed E-state index contributed by atoms with van der Waals surface area (Å²) in [7, 11) is 0. The lowest BCUT2D eigenvalue weighted by Gasteiger charge is -2.13. The second-order valence-electron chi connectivity index (χ2n) is 4.12. The topological polar surface area (TPSA) is 35.8 Å². The van der Waals surface area contributed by atoms with E-state index in [2.05, 4.69) is 11.4 Å². The second-order valence-corrected chi connectivity index (χ2v) is 4.56. The van der Waals surface area contributed by atoms with Gasteiger partial charge in [0.25, 0.3) is 0 Å². The van der Waals surface area contributed by atoms with Gasteiger partial charge in [-0.15, -0.1) is 0 Å². The van der Waals surface area contributed by atoms with Crippen molar-refractivity contribution in [1.29, 1.82) is 5.26 Å². The number of nitrogens with one attached hydrogen (secondary N) is 1. The highest BCUT2D eigenvalue weighted by Crippen LogP contribution is 2.21. The molecule has 2 aromatic rings. The maximum atomic E-state index is 9.23. The average molecular weight is 257 g/mol. The third-order valence-electron chi connectivity index (χ3n) is 2.70. The van der Waals surface area contributed by atoms with Crippen LogP contribution >= 0.6 is 11.6 Å². The second kappa shape index (κ2) is 5.57. The summed E-state index contributed by atoms with van der Waals surface area (Å²) < 4.78 is 0. The molecule has 0 aliphatic carbocycles. The molecule has 0 aliphatic rings. The van der Waals surface area contributed by atoms with Gasteiger partial charge in [-0.05, 0) is 36.8 Å². The fourth-order valence-electron chi connectivity index (χ4n) is 1.66. The van der Waals surface area contributed by atoms with Crippen LogP contribution < -0.4 is 5.32 Å². The first-order valence-electron chi connectivity index (χ1n) is 5.67. The molecule has 18 heavy (non-hydrogen) atoms. The Balaban J connectivity index is 2.17. The van der Waals surface area contributed by atoms with Crippen molar-refractivity contribution in [1.82, 2.24) is 0 Å². The van der Waals surface area contributed by atoms with E-state index in [0.717, 1.165) is 11.3 Å². The van der Waals surface area contributed by atoms with Gasteiger partial charge >= 0.3 is 0 Å². The lowest BCUT2D eigenvalue weighted by Crippen LogP contribution is -2.08. The molecule has 0 amide bonds. The molecule has 1 unspecified atom stereocenters. The number of hydrogen-bond donors (Lipinski definition) is 1. The van der Waals surface area contributed by atoms with Gasteiger partial charge in [0.15, 0.2) is 0 Å². The predicted octanol–water partition coefficient (Wildman–Crippen LogP) is 4.33. The van der Waals surface area contributed by atoms with Gasteiger partial charge < -0.3 is 5.32 Å². The Labute approximate surface area is 112 Å². The van der Waals surface area contributed by atoms with Crippen LogP contribution in [0.3, 0.4) is 0 Å². The number of aryl methyl sites for hydroxylation is 1. The zero-order chi connectivity index (χ0) is 13.0. The molecule has 3 heteroatoms. The number of nitrogens with zero attached hydrogens (tertiary/aromatic N) is 1. The number of halogens is 1. The number of hydrogen-bond acceptors (Lipinski definition) is 2. The Bertz CT molecular complexity index is 553. The van der Waals surface area contributed by atoms with Crippen molar-refractivity contribution < 1.29 is 0 Å². The molecule has 0 bridgehead atoms. The zero-order valence-corrected chi connectivity index (χ0v) is 10.8. The average Bonchev–Trinajstić information content (AvgIpc) is 2.39. The van der Waals surface area contributed by atoms with E-state index in [4.69, 9.17) is 11.6 Å². The largest absolute Gasteiger partial charge is 0.366 e. The van der Waals surface area contributed by atoms with Gasteiger partial charge in [0, 0.05) is 10.7 Å². The molecule has 0 saturated heterocycles. The number of anilines is 1. The van der Waals surface area contributed by atoms with Crippen molar-refractivity contribution in [2.45, 2.75) is 13.0 Å². The highest BCUT2D eigenvalue weighted by Gasteiger charge is 2.09. The lowest BCUT2D eigenvalue weighted by molar-refractivity contribution is 0.996. The van der Waals surface area contributed by atoms with Crippen molar-refractivity contribution in [2.75, 3.05) is 5.32 Å². The summed E-state index contributed by atoms with van der Waals surface area (Å²) in [4.78, 5) is 0. The minimum atomic E-state index is -0.355. The molecule has 0 radical (unpaired) electrons. The maximum Gasteiger partial charge on any atom is 0.140 e. The molecule has 2 nitrogen and oxygen atoms in total. The van der Waals surface area contributed by atoms with Crippen LogP contribution in [-0.2, 0) is 0 Å². The molecule has 90 valence electrons. The molecule has 2 aromatic carbocycles. The third kappa shape index (κ3) is 3.03. The standard InChI is InChI=1S/C15H13ClN2/c1-11-2-4-12(5-3-11)15(10-17)18-14-8-6-13(16)7-9-14/h2-9,15,18H,1H3. The zero-order valence-electron chi connectivity index (χ0n) is 10.0. The Morgan fingerprint density at radius 3 is 2.22 bits per heavy atom. The molecule has 0 saturated carbocycles. The van der Waals surface area contributed by atoms with Gasteiger partial charge in [-0.25, -0.2) is 0 Å². The highest BCUT2D eigenvalue weighted by molar-refractivity contribution is 6.30. The van der Waals surface area contributed by atoms with Crippen molar-refractivity contribution in [3.8, 4) is 6.07 Å². The number of nitriles is 1. The molecule has 1 atom stereocenters. The fourth-order valence-corrected chi connectivity index (χ4v) is 1.79.